The molecule has 0 bridgehead atoms. The average Bonchev–Trinajstić information content (AvgIpc) is 2.03. The van der Waals surface area contributed by atoms with Crippen LogP contribution >= 0.6 is 24.2 Å². The Hall–Kier alpha value is -0.420. The first-order valence-corrected chi connectivity index (χ1v) is 5.11. The predicted octanol–water partition coefficient (Wildman–Crippen LogP) is 2.48. The second-order valence-electron chi connectivity index (χ2n) is 2.04. The van der Waals surface area contributed by atoms with Crippen LogP contribution in [-0.4, -0.2) is 9.88 Å². The molecule has 0 amide bonds. The zero-order valence-corrected chi connectivity index (χ0v) is 8.70. The molecule has 1 N–H and O–H groups in total. The first kappa shape index (κ1) is 10.7. The number of rotatable bonds is 3. The van der Waals surface area contributed by atoms with Crippen molar-refractivity contribution >= 4 is 24.2 Å². The Morgan fingerprint density at radius 3 is 2.92 bits per heavy atom. The lowest BCUT2D eigenvalue weighted by Crippen LogP contribution is -1.96. The van der Waals surface area contributed by atoms with E-state index in [1.165, 1.54) is 6.07 Å². The van der Waals surface area contributed by atoms with Gasteiger partial charge < -0.3 is 0 Å². The zero-order valence-electron chi connectivity index (χ0n) is 6.22. The summed E-state index contributed by atoms with van der Waals surface area (Å²) >= 11 is 3.03. The molecule has 0 saturated heterocycles. The SMILES string of the molecule is O=[P+](O)OC(F)c1cccc(Br)n1. The van der Waals surface area contributed by atoms with Gasteiger partial charge in [-0.05, 0) is 28.1 Å². The van der Waals surface area contributed by atoms with Crippen molar-refractivity contribution in [2.75, 3.05) is 0 Å². The van der Waals surface area contributed by atoms with Crippen LogP contribution in [-0.2, 0) is 9.09 Å². The maximum atomic E-state index is 12.9. The van der Waals surface area contributed by atoms with Gasteiger partial charge in [0.25, 0.3) is 6.36 Å². The summed E-state index contributed by atoms with van der Waals surface area (Å²) in [5.74, 6) is 0. The average molecular weight is 269 g/mol. The molecule has 0 aromatic carbocycles. The number of hydrogen-bond donors (Lipinski definition) is 1. The predicted molar refractivity (Wildman–Crippen MR) is 46.7 cm³/mol. The van der Waals surface area contributed by atoms with E-state index in [4.69, 9.17) is 4.89 Å². The van der Waals surface area contributed by atoms with Crippen LogP contribution in [0, 0.1) is 0 Å². The third kappa shape index (κ3) is 3.44. The van der Waals surface area contributed by atoms with Crippen molar-refractivity contribution in [2.24, 2.45) is 0 Å². The number of pyridine rings is 1. The Morgan fingerprint density at radius 2 is 2.38 bits per heavy atom. The van der Waals surface area contributed by atoms with Crippen LogP contribution in [0.15, 0.2) is 22.8 Å². The van der Waals surface area contributed by atoms with Crippen molar-refractivity contribution in [1.29, 1.82) is 0 Å². The molecule has 1 heterocycles. The maximum Gasteiger partial charge on any atom is 0.698 e. The van der Waals surface area contributed by atoms with Gasteiger partial charge in [-0.15, -0.1) is 4.89 Å². The van der Waals surface area contributed by atoms with Crippen molar-refractivity contribution in [3.63, 3.8) is 0 Å². The molecule has 0 aliphatic heterocycles. The second-order valence-corrected chi connectivity index (χ2v) is 3.54. The molecule has 1 rings (SSSR count). The van der Waals surface area contributed by atoms with Crippen molar-refractivity contribution in [3.8, 4) is 0 Å². The van der Waals surface area contributed by atoms with Gasteiger partial charge in [-0.1, -0.05) is 10.6 Å². The summed E-state index contributed by atoms with van der Waals surface area (Å²) in [7, 11) is -2.95. The molecule has 0 aliphatic rings. The monoisotopic (exact) mass is 268 g/mol. The molecule has 0 fully saturated rings. The summed E-state index contributed by atoms with van der Waals surface area (Å²) in [6.45, 7) is 0. The molecule has 0 saturated carbocycles. The van der Waals surface area contributed by atoms with Gasteiger partial charge in [0.1, 0.15) is 10.3 Å². The summed E-state index contributed by atoms with van der Waals surface area (Å²) in [5, 5.41) is 0. The van der Waals surface area contributed by atoms with Crippen molar-refractivity contribution in [1.82, 2.24) is 4.98 Å². The van der Waals surface area contributed by atoms with Crippen molar-refractivity contribution < 1.29 is 18.4 Å². The van der Waals surface area contributed by atoms with Crippen LogP contribution in [0.25, 0.3) is 0 Å². The summed E-state index contributed by atoms with van der Waals surface area (Å²) in [6, 6.07) is 4.51. The lowest BCUT2D eigenvalue weighted by molar-refractivity contribution is 0.0595. The topological polar surface area (TPSA) is 59.4 Å². The van der Waals surface area contributed by atoms with Crippen LogP contribution in [0.1, 0.15) is 12.1 Å². The number of halogens is 2. The highest BCUT2D eigenvalue weighted by Gasteiger charge is 2.25. The number of nitrogens with zero attached hydrogens (tertiary/aromatic N) is 1. The van der Waals surface area contributed by atoms with E-state index < -0.39 is 14.6 Å². The first-order valence-electron chi connectivity index (χ1n) is 3.19. The summed E-state index contributed by atoms with van der Waals surface area (Å²) in [4.78, 5) is 12.0. The number of alkyl halides is 1. The van der Waals surface area contributed by atoms with E-state index in [1.54, 1.807) is 12.1 Å². The standard InChI is InChI=1S/C6H4BrFNO3P/c7-5-3-1-2-4(9-5)6(8)12-13(10)11/h1-3,6H/p+1. The third-order valence-corrected chi connectivity index (χ3v) is 1.96. The molecule has 0 spiro atoms. The molecule has 1 aromatic heterocycles. The smallest absolute Gasteiger partial charge is 0.240 e. The minimum Gasteiger partial charge on any atom is -0.240 e. The molecule has 4 nitrogen and oxygen atoms in total. The molecule has 2 atom stereocenters. The Kier molecular flexibility index (Phi) is 3.87. The van der Waals surface area contributed by atoms with Crippen LogP contribution in [0.3, 0.4) is 0 Å². The Bertz CT molecular complexity index is 325. The van der Waals surface area contributed by atoms with Crippen LogP contribution in [0.2, 0.25) is 0 Å². The fraction of sp³-hybridized carbons (Fsp3) is 0.167. The first-order chi connectivity index (χ1) is 6.09. The fourth-order valence-corrected chi connectivity index (χ4v) is 1.31. The molecule has 7 heteroatoms. The lowest BCUT2D eigenvalue weighted by Gasteiger charge is -1.99. The minimum absolute atomic E-state index is 0.0493. The van der Waals surface area contributed by atoms with E-state index in [0.29, 0.717) is 4.60 Å². The van der Waals surface area contributed by atoms with Crippen LogP contribution < -0.4 is 0 Å². The molecule has 0 radical (unpaired) electrons. The summed E-state index contributed by atoms with van der Waals surface area (Å²) in [6.07, 6.45) is -1.98. The summed E-state index contributed by atoms with van der Waals surface area (Å²) < 4.78 is 27.5. The molecular weight excluding hydrogens is 264 g/mol. The van der Waals surface area contributed by atoms with E-state index in [-0.39, 0.29) is 5.69 Å². The normalized spacial score (nSPS) is 13.9. The lowest BCUT2D eigenvalue weighted by atomic mass is 10.4. The van der Waals surface area contributed by atoms with Gasteiger partial charge in [-0.2, -0.15) is 0 Å². The van der Waals surface area contributed by atoms with Gasteiger partial charge in [0.15, 0.2) is 0 Å². The Labute approximate surface area is 82.8 Å². The molecule has 70 valence electrons. The molecule has 13 heavy (non-hydrogen) atoms. The summed E-state index contributed by atoms with van der Waals surface area (Å²) in [5.41, 5.74) is -0.0493. The second kappa shape index (κ2) is 4.72. The van der Waals surface area contributed by atoms with Crippen molar-refractivity contribution in [2.45, 2.75) is 6.36 Å². The molecular formula is C6H5BrFNO3P+. The molecule has 0 aliphatic carbocycles. The van der Waals surface area contributed by atoms with Gasteiger partial charge in [-0.3, -0.25) is 0 Å². The zero-order chi connectivity index (χ0) is 9.84. The highest BCUT2D eigenvalue weighted by Crippen LogP contribution is 2.28. The van der Waals surface area contributed by atoms with Gasteiger partial charge >= 0.3 is 8.25 Å². The van der Waals surface area contributed by atoms with Gasteiger partial charge in [0, 0.05) is 4.57 Å². The minimum atomic E-state index is -2.95. The Balaban J connectivity index is 2.76. The van der Waals surface area contributed by atoms with Gasteiger partial charge in [-0.25, -0.2) is 9.37 Å². The van der Waals surface area contributed by atoms with Gasteiger partial charge in [0.05, 0.1) is 0 Å². The highest BCUT2D eigenvalue weighted by atomic mass is 79.9. The molecule has 1 aromatic rings. The molecule has 2 unspecified atom stereocenters. The Morgan fingerprint density at radius 1 is 1.69 bits per heavy atom. The van der Waals surface area contributed by atoms with Crippen molar-refractivity contribution in [3.05, 3.63) is 28.5 Å². The van der Waals surface area contributed by atoms with Gasteiger partial charge in [0.2, 0.25) is 0 Å². The maximum absolute atomic E-state index is 12.9. The van der Waals surface area contributed by atoms with E-state index in [2.05, 4.69) is 25.4 Å². The van der Waals surface area contributed by atoms with E-state index in [1.807, 2.05) is 0 Å². The van der Waals surface area contributed by atoms with E-state index in [9.17, 15) is 8.96 Å². The highest BCUT2D eigenvalue weighted by molar-refractivity contribution is 9.10. The quantitative estimate of drug-likeness (QED) is 0.676. The fourth-order valence-electron chi connectivity index (χ4n) is 0.684. The van der Waals surface area contributed by atoms with E-state index >= 15 is 0 Å². The van der Waals surface area contributed by atoms with E-state index in [0.717, 1.165) is 0 Å². The number of hydrogen-bond acceptors (Lipinski definition) is 3. The largest absolute Gasteiger partial charge is 0.698 e. The number of aromatic nitrogens is 1. The van der Waals surface area contributed by atoms with Crippen LogP contribution in [0.4, 0.5) is 4.39 Å². The third-order valence-electron chi connectivity index (χ3n) is 1.15. The van der Waals surface area contributed by atoms with Crippen LogP contribution in [0.5, 0.6) is 0 Å².